The van der Waals surface area contributed by atoms with Crippen LogP contribution in [0.4, 0.5) is 0 Å². The van der Waals surface area contributed by atoms with Crippen LogP contribution in [-0.4, -0.2) is 36.5 Å². The van der Waals surface area contributed by atoms with Gasteiger partial charge in [-0.2, -0.15) is 0 Å². The topological polar surface area (TPSA) is 59.8 Å². The van der Waals surface area contributed by atoms with E-state index in [0.717, 1.165) is 27.3 Å². The third-order valence-corrected chi connectivity index (χ3v) is 5.35. The predicted molar refractivity (Wildman–Crippen MR) is 103 cm³/mol. The zero-order valence-electron chi connectivity index (χ0n) is 15.4. The molecule has 0 aliphatic carbocycles. The van der Waals surface area contributed by atoms with Crippen molar-refractivity contribution in [3.8, 4) is 0 Å². The maximum absolute atomic E-state index is 12.8. The fourth-order valence-corrected chi connectivity index (χ4v) is 3.90. The van der Waals surface area contributed by atoms with Gasteiger partial charge in [0, 0.05) is 24.0 Å². The van der Waals surface area contributed by atoms with E-state index in [-0.39, 0.29) is 17.8 Å². The van der Waals surface area contributed by atoms with E-state index in [4.69, 9.17) is 9.15 Å². The van der Waals surface area contributed by atoms with E-state index in [1.54, 1.807) is 6.26 Å². The molecule has 3 aromatic rings. The van der Waals surface area contributed by atoms with Crippen molar-refractivity contribution >= 4 is 33.6 Å². The number of hydrogen-bond acceptors (Lipinski definition) is 4. The Balaban J connectivity index is 1.49. The highest BCUT2D eigenvalue weighted by molar-refractivity contribution is 6.08. The number of amides is 1. The fraction of sp³-hybridized carbons (Fsp3) is 0.364. The number of benzene rings is 2. The van der Waals surface area contributed by atoms with Gasteiger partial charge in [-0.3, -0.25) is 9.59 Å². The molecule has 27 heavy (non-hydrogen) atoms. The van der Waals surface area contributed by atoms with Crippen molar-refractivity contribution in [1.82, 2.24) is 4.90 Å². The Hall–Kier alpha value is -2.82. The minimum Gasteiger partial charge on any atom is -0.466 e. The van der Waals surface area contributed by atoms with E-state index in [1.165, 1.54) is 0 Å². The summed E-state index contributed by atoms with van der Waals surface area (Å²) in [6, 6.07) is 12.1. The Kier molecular flexibility index (Phi) is 4.84. The number of carbonyl (C=O) groups excluding carboxylic acids is 2. The van der Waals surface area contributed by atoms with E-state index in [9.17, 15) is 9.59 Å². The van der Waals surface area contributed by atoms with Gasteiger partial charge in [0.2, 0.25) is 5.91 Å². The standard InChI is InChI=1S/C22H23NO4/c1-2-26-22(25)16-9-11-23(12-10-16)20(24)13-17-14-27-19-8-7-15-5-3-4-6-18(15)21(17)19/h3-8,14,16H,2,9-13H2,1H3. The third kappa shape index (κ3) is 3.42. The highest BCUT2D eigenvalue weighted by Crippen LogP contribution is 2.30. The quantitative estimate of drug-likeness (QED) is 0.657. The molecular weight excluding hydrogens is 342 g/mol. The highest BCUT2D eigenvalue weighted by atomic mass is 16.5. The van der Waals surface area contributed by atoms with Gasteiger partial charge in [-0.05, 0) is 36.6 Å². The largest absolute Gasteiger partial charge is 0.466 e. The molecule has 1 aromatic heterocycles. The average Bonchev–Trinajstić information content (AvgIpc) is 3.11. The molecule has 1 aliphatic heterocycles. The van der Waals surface area contributed by atoms with Crippen LogP contribution in [0.2, 0.25) is 0 Å². The molecule has 0 N–H and O–H groups in total. The molecule has 0 radical (unpaired) electrons. The molecule has 1 amide bonds. The minimum atomic E-state index is -0.142. The lowest BCUT2D eigenvalue weighted by molar-refractivity contribution is -0.151. The Labute approximate surface area is 157 Å². The molecule has 0 spiro atoms. The molecule has 1 saturated heterocycles. The number of carbonyl (C=O) groups is 2. The van der Waals surface area contributed by atoms with E-state index in [0.29, 0.717) is 39.0 Å². The summed E-state index contributed by atoms with van der Waals surface area (Å²) in [7, 11) is 0. The molecule has 0 atom stereocenters. The van der Waals surface area contributed by atoms with Crippen LogP contribution in [0.5, 0.6) is 0 Å². The first-order valence-electron chi connectivity index (χ1n) is 9.49. The van der Waals surface area contributed by atoms with Gasteiger partial charge >= 0.3 is 5.97 Å². The molecule has 0 saturated carbocycles. The zero-order chi connectivity index (χ0) is 18.8. The molecule has 1 fully saturated rings. The third-order valence-electron chi connectivity index (χ3n) is 5.35. The van der Waals surface area contributed by atoms with Crippen LogP contribution in [0.1, 0.15) is 25.3 Å². The normalized spacial score (nSPS) is 15.4. The van der Waals surface area contributed by atoms with Gasteiger partial charge in [0.1, 0.15) is 5.58 Å². The summed E-state index contributed by atoms with van der Waals surface area (Å²) in [5.41, 5.74) is 1.72. The van der Waals surface area contributed by atoms with Crippen LogP contribution in [0.15, 0.2) is 47.1 Å². The molecule has 1 aliphatic rings. The average molecular weight is 365 g/mol. The Morgan fingerprint density at radius 2 is 1.93 bits per heavy atom. The number of hydrogen-bond donors (Lipinski definition) is 0. The van der Waals surface area contributed by atoms with Gasteiger partial charge in [-0.15, -0.1) is 0 Å². The highest BCUT2D eigenvalue weighted by Gasteiger charge is 2.28. The number of likely N-dealkylation sites (tertiary alicyclic amines) is 1. The van der Waals surface area contributed by atoms with Crippen LogP contribution in [0, 0.1) is 5.92 Å². The first-order valence-corrected chi connectivity index (χ1v) is 9.49. The zero-order valence-corrected chi connectivity index (χ0v) is 15.4. The molecule has 5 heteroatoms. The van der Waals surface area contributed by atoms with Crippen molar-refractivity contribution in [2.45, 2.75) is 26.2 Å². The first kappa shape index (κ1) is 17.6. The fourth-order valence-electron chi connectivity index (χ4n) is 3.90. The van der Waals surface area contributed by atoms with Gasteiger partial charge in [0.25, 0.3) is 0 Å². The molecular formula is C22H23NO4. The van der Waals surface area contributed by atoms with Crippen molar-refractivity contribution in [3.63, 3.8) is 0 Å². The molecule has 2 heterocycles. The maximum atomic E-state index is 12.8. The molecule has 4 rings (SSSR count). The molecule has 2 aromatic carbocycles. The summed E-state index contributed by atoms with van der Waals surface area (Å²) in [6.07, 6.45) is 3.34. The summed E-state index contributed by atoms with van der Waals surface area (Å²) >= 11 is 0. The predicted octanol–water partition coefficient (Wildman–Crippen LogP) is 3.93. The molecule has 0 unspecified atom stereocenters. The molecule has 0 bridgehead atoms. The van der Waals surface area contributed by atoms with E-state index < -0.39 is 0 Å². The van der Waals surface area contributed by atoms with Crippen LogP contribution >= 0.6 is 0 Å². The lowest BCUT2D eigenvalue weighted by Gasteiger charge is -2.30. The molecule has 140 valence electrons. The first-order chi connectivity index (χ1) is 13.2. The van der Waals surface area contributed by atoms with Crippen molar-refractivity contribution in [2.24, 2.45) is 5.92 Å². The van der Waals surface area contributed by atoms with Crippen molar-refractivity contribution in [1.29, 1.82) is 0 Å². The Morgan fingerprint density at radius 3 is 2.70 bits per heavy atom. The summed E-state index contributed by atoms with van der Waals surface area (Å²) in [5, 5.41) is 3.26. The van der Waals surface area contributed by atoms with E-state index in [2.05, 4.69) is 12.1 Å². The second kappa shape index (κ2) is 7.43. The van der Waals surface area contributed by atoms with Crippen molar-refractivity contribution in [3.05, 3.63) is 48.2 Å². The second-order valence-corrected chi connectivity index (χ2v) is 7.00. The number of esters is 1. The van der Waals surface area contributed by atoms with Gasteiger partial charge in [-0.1, -0.05) is 30.3 Å². The second-order valence-electron chi connectivity index (χ2n) is 7.00. The number of fused-ring (bicyclic) bond motifs is 3. The minimum absolute atomic E-state index is 0.0768. The van der Waals surface area contributed by atoms with Crippen LogP contribution in [0.25, 0.3) is 21.7 Å². The van der Waals surface area contributed by atoms with Crippen molar-refractivity contribution in [2.75, 3.05) is 19.7 Å². The van der Waals surface area contributed by atoms with Crippen molar-refractivity contribution < 1.29 is 18.7 Å². The van der Waals surface area contributed by atoms with E-state index >= 15 is 0 Å². The number of nitrogens with zero attached hydrogens (tertiary/aromatic N) is 1. The summed E-state index contributed by atoms with van der Waals surface area (Å²) in [5.74, 6) is -0.155. The number of ether oxygens (including phenoxy) is 1. The smallest absolute Gasteiger partial charge is 0.309 e. The lowest BCUT2D eigenvalue weighted by Crippen LogP contribution is -2.41. The van der Waals surface area contributed by atoms with Gasteiger partial charge < -0.3 is 14.1 Å². The van der Waals surface area contributed by atoms with Gasteiger partial charge in [0.05, 0.1) is 25.2 Å². The SMILES string of the molecule is CCOC(=O)C1CCN(C(=O)Cc2coc3ccc4ccccc4c23)CC1. The lowest BCUT2D eigenvalue weighted by atomic mass is 9.96. The Morgan fingerprint density at radius 1 is 1.15 bits per heavy atom. The summed E-state index contributed by atoms with van der Waals surface area (Å²) in [4.78, 5) is 26.5. The number of piperidine rings is 1. The van der Waals surface area contributed by atoms with Crippen LogP contribution < -0.4 is 0 Å². The van der Waals surface area contributed by atoms with E-state index in [1.807, 2.05) is 36.1 Å². The maximum Gasteiger partial charge on any atom is 0.309 e. The number of furan rings is 1. The van der Waals surface area contributed by atoms with Crippen LogP contribution in [0.3, 0.4) is 0 Å². The monoisotopic (exact) mass is 365 g/mol. The van der Waals surface area contributed by atoms with Crippen LogP contribution in [-0.2, 0) is 20.7 Å². The summed E-state index contributed by atoms with van der Waals surface area (Å²) in [6.45, 7) is 3.41. The Bertz CT molecular complexity index is 982. The van der Waals surface area contributed by atoms with Gasteiger partial charge in [0.15, 0.2) is 0 Å². The number of rotatable bonds is 4. The summed E-state index contributed by atoms with van der Waals surface area (Å²) < 4.78 is 10.8. The molecule has 5 nitrogen and oxygen atoms in total. The van der Waals surface area contributed by atoms with Gasteiger partial charge in [-0.25, -0.2) is 0 Å².